The summed E-state index contributed by atoms with van der Waals surface area (Å²) in [5.74, 6) is 0.505. The molecule has 1 fully saturated rings. The molecule has 1 aliphatic carbocycles. The molecule has 0 aliphatic heterocycles. The maximum atomic E-state index is 11.0. The van der Waals surface area contributed by atoms with Crippen LogP contribution >= 0.6 is 0 Å². The summed E-state index contributed by atoms with van der Waals surface area (Å²) in [5, 5.41) is 0. The Kier molecular flexibility index (Phi) is 6.19. The quantitative estimate of drug-likeness (QED) is 0.896. The van der Waals surface area contributed by atoms with Gasteiger partial charge < -0.3 is 10.5 Å². The molecule has 2 N–H and O–H groups in total. The van der Waals surface area contributed by atoms with Gasteiger partial charge in [0.2, 0.25) is 11.8 Å². The Morgan fingerprint density at radius 1 is 1.28 bits per heavy atom. The lowest BCUT2D eigenvalue weighted by Crippen LogP contribution is -2.31. The number of nitrogens with zero attached hydrogens (tertiary/aromatic N) is 1. The average molecular weight is 250 g/mol. The zero-order valence-corrected chi connectivity index (χ0v) is 11.1. The van der Waals surface area contributed by atoms with Gasteiger partial charge in [0.25, 0.3) is 0 Å². The summed E-state index contributed by atoms with van der Waals surface area (Å²) >= 11 is 0. The van der Waals surface area contributed by atoms with E-state index in [9.17, 15) is 4.79 Å². The second-order valence-electron chi connectivity index (χ2n) is 4.16. The molecule has 0 bridgehead atoms. The molecule has 0 spiro atoms. The minimum absolute atomic E-state index is 0.0311. The van der Waals surface area contributed by atoms with E-state index in [0.717, 1.165) is 25.7 Å². The van der Waals surface area contributed by atoms with Crippen LogP contribution in [0.2, 0.25) is 0 Å². The van der Waals surface area contributed by atoms with Crippen molar-refractivity contribution in [3.8, 4) is 5.88 Å². The van der Waals surface area contributed by atoms with Crippen LogP contribution in [0.5, 0.6) is 5.88 Å². The topological polar surface area (TPSA) is 65.2 Å². The number of nitrogens with two attached hydrogens (primary N) is 1. The summed E-state index contributed by atoms with van der Waals surface area (Å²) in [7, 11) is 0. The molecule has 0 unspecified atom stereocenters. The molecule has 0 atom stereocenters. The summed E-state index contributed by atoms with van der Waals surface area (Å²) < 4.78 is 5.72. The average Bonchev–Trinajstić information content (AvgIpc) is 2.43. The molecule has 1 aromatic heterocycles. The Balaban J connectivity index is 0.000000771. The summed E-state index contributed by atoms with van der Waals surface area (Å²) in [6.07, 6.45) is 5.30. The van der Waals surface area contributed by atoms with Gasteiger partial charge in [-0.2, -0.15) is 0 Å². The van der Waals surface area contributed by atoms with Crippen molar-refractivity contribution in [1.82, 2.24) is 4.98 Å². The second kappa shape index (κ2) is 7.69. The van der Waals surface area contributed by atoms with E-state index in [-0.39, 0.29) is 17.9 Å². The van der Waals surface area contributed by atoms with Crippen LogP contribution in [-0.2, 0) is 4.79 Å². The van der Waals surface area contributed by atoms with Gasteiger partial charge in [0, 0.05) is 18.2 Å². The van der Waals surface area contributed by atoms with E-state index >= 15 is 0 Å². The van der Waals surface area contributed by atoms with Crippen LogP contribution in [0.25, 0.3) is 0 Å². The minimum Gasteiger partial charge on any atom is -0.474 e. The van der Waals surface area contributed by atoms with E-state index in [1.54, 1.807) is 6.20 Å². The molecule has 0 saturated heterocycles. The first-order valence-corrected chi connectivity index (χ1v) is 6.62. The number of aromatic nitrogens is 1. The van der Waals surface area contributed by atoms with Crippen molar-refractivity contribution in [2.45, 2.75) is 45.6 Å². The van der Waals surface area contributed by atoms with Crippen LogP contribution in [0.4, 0.5) is 0 Å². The van der Waals surface area contributed by atoms with Gasteiger partial charge in [-0.3, -0.25) is 4.79 Å². The number of ether oxygens (including phenoxy) is 1. The first-order chi connectivity index (χ1) is 8.75. The number of amides is 1. The van der Waals surface area contributed by atoms with Crippen molar-refractivity contribution in [3.63, 3.8) is 0 Å². The summed E-state index contributed by atoms with van der Waals surface area (Å²) in [6, 6.07) is 5.61. The molecule has 1 amide bonds. The number of hydrogen-bond acceptors (Lipinski definition) is 3. The molecular weight excluding hydrogens is 228 g/mol. The van der Waals surface area contributed by atoms with Crippen molar-refractivity contribution in [3.05, 3.63) is 24.4 Å². The summed E-state index contributed by atoms with van der Waals surface area (Å²) in [6.45, 7) is 4.00. The van der Waals surface area contributed by atoms with Crippen LogP contribution in [-0.4, -0.2) is 17.0 Å². The number of carbonyl (C=O) groups excluding carboxylic acids is 1. The van der Waals surface area contributed by atoms with Gasteiger partial charge in [-0.1, -0.05) is 19.9 Å². The highest BCUT2D eigenvalue weighted by Gasteiger charge is 2.25. The highest BCUT2D eigenvalue weighted by Crippen LogP contribution is 2.26. The number of carbonyl (C=O) groups is 1. The van der Waals surface area contributed by atoms with Crippen molar-refractivity contribution < 1.29 is 9.53 Å². The molecule has 4 heteroatoms. The Bertz CT molecular complexity index is 346. The fraction of sp³-hybridized carbons (Fsp3) is 0.571. The van der Waals surface area contributed by atoms with Gasteiger partial charge in [0.05, 0.1) is 0 Å². The van der Waals surface area contributed by atoms with E-state index in [2.05, 4.69) is 4.98 Å². The second-order valence-corrected chi connectivity index (χ2v) is 4.16. The number of primary amides is 1. The monoisotopic (exact) mass is 250 g/mol. The third-order valence-electron chi connectivity index (χ3n) is 3.00. The van der Waals surface area contributed by atoms with Gasteiger partial charge in [0.15, 0.2) is 0 Å². The zero-order valence-electron chi connectivity index (χ0n) is 11.1. The van der Waals surface area contributed by atoms with E-state index in [4.69, 9.17) is 10.5 Å². The Hall–Kier alpha value is -1.58. The lowest BCUT2D eigenvalue weighted by Gasteiger charge is -2.26. The molecule has 18 heavy (non-hydrogen) atoms. The van der Waals surface area contributed by atoms with Crippen LogP contribution in [0.1, 0.15) is 39.5 Å². The van der Waals surface area contributed by atoms with Crippen molar-refractivity contribution >= 4 is 5.91 Å². The predicted molar refractivity (Wildman–Crippen MR) is 71.2 cm³/mol. The minimum atomic E-state index is -0.184. The predicted octanol–water partition coefficient (Wildman–Crippen LogP) is 2.53. The first-order valence-electron chi connectivity index (χ1n) is 6.62. The lowest BCUT2D eigenvalue weighted by molar-refractivity contribution is -0.123. The molecule has 0 radical (unpaired) electrons. The third-order valence-corrected chi connectivity index (χ3v) is 3.00. The zero-order chi connectivity index (χ0) is 13.4. The summed E-state index contributed by atoms with van der Waals surface area (Å²) in [4.78, 5) is 15.1. The maximum absolute atomic E-state index is 11.0. The van der Waals surface area contributed by atoms with Gasteiger partial charge in [-0.15, -0.1) is 0 Å². The number of hydrogen-bond donors (Lipinski definition) is 1. The van der Waals surface area contributed by atoms with Crippen LogP contribution in [0, 0.1) is 5.92 Å². The molecule has 1 aliphatic rings. The van der Waals surface area contributed by atoms with Gasteiger partial charge in [-0.25, -0.2) is 4.98 Å². The largest absolute Gasteiger partial charge is 0.474 e. The van der Waals surface area contributed by atoms with E-state index in [1.807, 2.05) is 32.0 Å². The van der Waals surface area contributed by atoms with Crippen LogP contribution < -0.4 is 10.5 Å². The van der Waals surface area contributed by atoms with Gasteiger partial charge >= 0.3 is 0 Å². The Morgan fingerprint density at radius 3 is 2.44 bits per heavy atom. The molecule has 4 nitrogen and oxygen atoms in total. The third kappa shape index (κ3) is 4.35. The van der Waals surface area contributed by atoms with E-state index < -0.39 is 0 Å². The maximum Gasteiger partial charge on any atom is 0.220 e. The lowest BCUT2D eigenvalue weighted by atomic mass is 9.87. The molecule has 100 valence electrons. The van der Waals surface area contributed by atoms with Crippen LogP contribution in [0.15, 0.2) is 24.4 Å². The number of rotatable bonds is 3. The molecule has 1 saturated carbocycles. The van der Waals surface area contributed by atoms with Crippen molar-refractivity contribution in [2.75, 3.05) is 0 Å². The number of pyridine rings is 1. The van der Waals surface area contributed by atoms with Crippen LogP contribution in [0.3, 0.4) is 0 Å². The van der Waals surface area contributed by atoms with Crippen molar-refractivity contribution in [1.29, 1.82) is 0 Å². The molecule has 0 aromatic carbocycles. The smallest absolute Gasteiger partial charge is 0.220 e. The van der Waals surface area contributed by atoms with Crippen molar-refractivity contribution in [2.24, 2.45) is 11.7 Å². The normalized spacial score (nSPS) is 22.6. The summed E-state index contributed by atoms with van der Waals surface area (Å²) in [5.41, 5.74) is 5.27. The Morgan fingerprint density at radius 2 is 1.94 bits per heavy atom. The molecular formula is C14H22N2O2. The molecule has 2 rings (SSSR count). The molecule has 1 aromatic rings. The van der Waals surface area contributed by atoms with Gasteiger partial charge in [0.1, 0.15) is 6.10 Å². The van der Waals surface area contributed by atoms with E-state index in [0.29, 0.717) is 5.88 Å². The highest BCUT2D eigenvalue weighted by molar-refractivity contribution is 5.76. The van der Waals surface area contributed by atoms with Gasteiger partial charge in [-0.05, 0) is 31.7 Å². The van der Waals surface area contributed by atoms with E-state index in [1.165, 1.54) is 0 Å². The SMILES string of the molecule is CC.NC(=O)C1CCC(Oc2ccccn2)CC1. The standard InChI is InChI=1S/C12H16N2O2.C2H6/c13-12(15)9-4-6-10(7-5-9)16-11-3-1-2-8-14-11;1-2/h1-3,8-10H,4-7H2,(H2,13,15);1-2H3. The fourth-order valence-electron chi connectivity index (χ4n) is 2.05. The molecule has 1 heterocycles. The first kappa shape index (κ1) is 14.5. The highest BCUT2D eigenvalue weighted by atomic mass is 16.5. The fourth-order valence-corrected chi connectivity index (χ4v) is 2.05. The Labute approximate surface area is 109 Å².